The Labute approximate surface area is 138 Å². The second-order valence-corrected chi connectivity index (χ2v) is 7.37. The van der Waals surface area contributed by atoms with Crippen molar-refractivity contribution in [2.75, 3.05) is 6.54 Å². The summed E-state index contributed by atoms with van der Waals surface area (Å²) in [4.78, 5) is 0.182. The van der Waals surface area contributed by atoms with Gasteiger partial charge in [0, 0.05) is 11.6 Å². The molecular formula is C14H12Cl3NO2S. The van der Waals surface area contributed by atoms with E-state index in [1.807, 2.05) is 6.07 Å². The van der Waals surface area contributed by atoms with E-state index in [4.69, 9.17) is 34.8 Å². The summed E-state index contributed by atoms with van der Waals surface area (Å²) in [5.74, 6) is 0. The number of sulfonamides is 1. The molecule has 0 amide bonds. The van der Waals surface area contributed by atoms with Crippen LogP contribution in [0.5, 0.6) is 0 Å². The monoisotopic (exact) mass is 363 g/mol. The fourth-order valence-electron chi connectivity index (χ4n) is 1.72. The fourth-order valence-corrected chi connectivity index (χ4v) is 3.20. The number of hydrogen-bond donors (Lipinski definition) is 1. The van der Waals surface area contributed by atoms with Gasteiger partial charge < -0.3 is 0 Å². The number of halogens is 3. The van der Waals surface area contributed by atoms with Crippen molar-refractivity contribution < 1.29 is 8.42 Å². The summed E-state index contributed by atoms with van der Waals surface area (Å²) in [5.41, 5.74) is 0.906. The number of rotatable bonds is 5. The van der Waals surface area contributed by atoms with E-state index in [9.17, 15) is 8.42 Å². The maximum Gasteiger partial charge on any atom is 0.240 e. The molecule has 0 fully saturated rings. The quantitative estimate of drug-likeness (QED) is 0.865. The highest BCUT2D eigenvalue weighted by Gasteiger charge is 2.13. The molecule has 0 aliphatic heterocycles. The molecule has 21 heavy (non-hydrogen) atoms. The molecule has 0 unspecified atom stereocenters. The molecule has 0 saturated carbocycles. The third-order valence-electron chi connectivity index (χ3n) is 2.81. The molecule has 0 bridgehead atoms. The van der Waals surface area contributed by atoms with Crippen LogP contribution >= 0.6 is 34.8 Å². The molecule has 112 valence electrons. The van der Waals surface area contributed by atoms with Crippen LogP contribution in [-0.4, -0.2) is 15.0 Å². The SMILES string of the molecule is O=S(=O)(NCCc1ccc(Cl)c(Cl)c1)c1ccc(Cl)cc1. The lowest BCUT2D eigenvalue weighted by Crippen LogP contribution is -2.25. The first-order valence-electron chi connectivity index (χ1n) is 6.08. The van der Waals surface area contributed by atoms with Gasteiger partial charge >= 0.3 is 0 Å². The second kappa shape index (κ2) is 6.99. The van der Waals surface area contributed by atoms with E-state index < -0.39 is 10.0 Å². The van der Waals surface area contributed by atoms with Gasteiger partial charge in [0.1, 0.15) is 0 Å². The molecule has 7 heteroatoms. The van der Waals surface area contributed by atoms with E-state index in [1.165, 1.54) is 24.3 Å². The minimum Gasteiger partial charge on any atom is -0.211 e. The van der Waals surface area contributed by atoms with E-state index in [2.05, 4.69) is 4.72 Å². The Morgan fingerprint density at radius 3 is 2.19 bits per heavy atom. The van der Waals surface area contributed by atoms with E-state index >= 15 is 0 Å². The molecule has 0 aliphatic rings. The van der Waals surface area contributed by atoms with Crippen molar-refractivity contribution >= 4 is 44.8 Å². The predicted octanol–water partition coefficient (Wildman–Crippen LogP) is 4.17. The summed E-state index contributed by atoms with van der Waals surface area (Å²) in [7, 11) is -3.53. The van der Waals surface area contributed by atoms with Gasteiger partial charge in [0.2, 0.25) is 10.0 Å². The van der Waals surface area contributed by atoms with Gasteiger partial charge in [-0.25, -0.2) is 13.1 Å². The largest absolute Gasteiger partial charge is 0.240 e. The first kappa shape index (κ1) is 16.6. The van der Waals surface area contributed by atoms with Crippen LogP contribution in [0, 0.1) is 0 Å². The number of nitrogens with one attached hydrogen (secondary N) is 1. The average Bonchev–Trinajstić information content (AvgIpc) is 2.43. The van der Waals surface area contributed by atoms with E-state index in [1.54, 1.807) is 12.1 Å². The van der Waals surface area contributed by atoms with E-state index in [0.29, 0.717) is 21.5 Å². The highest BCUT2D eigenvalue weighted by molar-refractivity contribution is 7.89. The summed E-state index contributed by atoms with van der Waals surface area (Å²) in [5, 5.41) is 1.42. The zero-order valence-electron chi connectivity index (χ0n) is 10.8. The summed E-state index contributed by atoms with van der Waals surface area (Å²) in [6, 6.07) is 11.2. The van der Waals surface area contributed by atoms with Crippen LogP contribution in [0.1, 0.15) is 5.56 Å². The summed E-state index contributed by atoms with van der Waals surface area (Å²) in [6.07, 6.45) is 0.518. The Balaban J connectivity index is 1.98. The van der Waals surface area contributed by atoms with Crippen LogP contribution in [0.3, 0.4) is 0 Å². The molecule has 0 aromatic heterocycles. The molecule has 3 nitrogen and oxygen atoms in total. The molecule has 2 aromatic rings. The Morgan fingerprint density at radius 2 is 1.57 bits per heavy atom. The lowest BCUT2D eigenvalue weighted by molar-refractivity contribution is 0.581. The van der Waals surface area contributed by atoms with Crippen molar-refractivity contribution in [2.45, 2.75) is 11.3 Å². The Kier molecular flexibility index (Phi) is 5.52. The van der Waals surface area contributed by atoms with Gasteiger partial charge in [-0.3, -0.25) is 0 Å². The van der Waals surface area contributed by atoms with Gasteiger partial charge in [0.05, 0.1) is 14.9 Å². The molecule has 2 aromatic carbocycles. The van der Waals surface area contributed by atoms with Crippen LogP contribution in [-0.2, 0) is 16.4 Å². The topological polar surface area (TPSA) is 46.2 Å². The van der Waals surface area contributed by atoms with Gasteiger partial charge in [-0.05, 0) is 48.4 Å². The maximum absolute atomic E-state index is 12.1. The van der Waals surface area contributed by atoms with Crippen LogP contribution in [0.25, 0.3) is 0 Å². The minimum atomic E-state index is -3.53. The first-order chi connectivity index (χ1) is 9.88. The third kappa shape index (κ3) is 4.59. The highest BCUT2D eigenvalue weighted by Crippen LogP contribution is 2.22. The van der Waals surface area contributed by atoms with Crippen LogP contribution in [0.2, 0.25) is 15.1 Å². The Hall–Kier alpha value is -0.780. The molecular weight excluding hydrogens is 353 g/mol. The third-order valence-corrected chi connectivity index (χ3v) is 5.28. The van der Waals surface area contributed by atoms with Crippen molar-refractivity contribution in [3.63, 3.8) is 0 Å². The van der Waals surface area contributed by atoms with Crippen molar-refractivity contribution in [1.29, 1.82) is 0 Å². The zero-order valence-corrected chi connectivity index (χ0v) is 13.9. The number of benzene rings is 2. The second-order valence-electron chi connectivity index (χ2n) is 4.35. The molecule has 0 heterocycles. The van der Waals surface area contributed by atoms with Gasteiger partial charge in [-0.2, -0.15) is 0 Å². The van der Waals surface area contributed by atoms with Crippen LogP contribution in [0.4, 0.5) is 0 Å². The first-order valence-corrected chi connectivity index (χ1v) is 8.69. The van der Waals surface area contributed by atoms with Gasteiger partial charge in [0.15, 0.2) is 0 Å². The van der Waals surface area contributed by atoms with Gasteiger partial charge in [0.25, 0.3) is 0 Å². The standard InChI is InChI=1S/C14H12Cl3NO2S/c15-11-2-4-12(5-3-11)21(19,20)18-8-7-10-1-6-13(16)14(17)9-10/h1-6,9,18H,7-8H2. The summed E-state index contributed by atoms with van der Waals surface area (Å²) in [6.45, 7) is 0.267. The van der Waals surface area contributed by atoms with E-state index in [0.717, 1.165) is 5.56 Å². The molecule has 0 aliphatic carbocycles. The Bertz CT molecular complexity index is 730. The predicted molar refractivity (Wildman–Crippen MR) is 86.8 cm³/mol. The minimum absolute atomic E-state index is 0.182. The van der Waals surface area contributed by atoms with Gasteiger partial charge in [-0.15, -0.1) is 0 Å². The maximum atomic E-state index is 12.1. The van der Waals surface area contributed by atoms with Gasteiger partial charge in [-0.1, -0.05) is 40.9 Å². The van der Waals surface area contributed by atoms with Crippen molar-refractivity contribution in [2.24, 2.45) is 0 Å². The average molecular weight is 365 g/mol. The van der Waals surface area contributed by atoms with Crippen molar-refractivity contribution in [1.82, 2.24) is 4.72 Å². The fraction of sp³-hybridized carbons (Fsp3) is 0.143. The lowest BCUT2D eigenvalue weighted by Gasteiger charge is -2.07. The number of hydrogen-bond acceptors (Lipinski definition) is 2. The highest BCUT2D eigenvalue weighted by atomic mass is 35.5. The zero-order chi connectivity index (χ0) is 15.5. The molecule has 0 atom stereocenters. The Morgan fingerprint density at radius 1 is 0.905 bits per heavy atom. The van der Waals surface area contributed by atoms with Crippen molar-refractivity contribution in [3.05, 3.63) is 63.1 Å². The van der Waals surface area contributed by atoms with E-state index in [-0.39, 0.29) is 11.4 Å². The van der Waals surface area contributed by atoms with Crippen LogP contribution in [0.15, 0.2) is 47.4 Å². The smallest absolute Gasteiger partial charge is 0.211 e. The molecule has 1 N–H and O–H groups in total. The lowest BCUT2D eigenvalue weighted by atomic mass is 10.1. The van der Waals surface area contributed by atoms with Crippen LogP contribution < -0.4 is 4.72 Å². The summed E-state index contributed by atoms with van der Waals surface area (Å²) >= 11 is 17.5. The molecule has 0 radical (unpaired) electrons. The normalized spacial score (nSPS) is 11.6. The molecule has 0 spiro atoms. The van der Waals surface area contributed by atoms with Crippen molar-refractivity contribution in [3.8, 4) is 0 Å². The summed E-state index contributed by atoms with van der Waals surface area (Å²) < 4.78 is 26.6. The molecule has 0 saturated heterocycles. The molecule has 2 rings (SSSR count).